The van der Waals surface area contributed by atoms with Crippen molar-refractivity contribution in [3.05, 3.63) is 122 Å². The molecule has 6 heteroatoms. The molecule has 0 fully saturated rings. The molecule has 7 rings (SSSR count). The second kappa shape index (κ2) is 10.4. The van der Waals surface area contributed by atoms with Crippen molar-refractivity contribution < 1.29 is 25.8 Å². The summed E-state index contributed by atoms with van der Waals surface area (Å²) in [4.78, 5) is 8.94. The molecule has 0 N–H and O–H groups in total. The standard InChI is InChI=1S/C35H29N4O.Pt/c1-35(2,3)24-19-25(38-23-37(4)31-13-7-8-14-32(31)38)21-27(20-24)40-26-16-17-29-28-11-5-6-12-30(28)39(33(29)22-26)34-15-9-10-18-36-34;/h5-20,23H,1-4H3;/q-3;. The molecule has 0 saturated heterocycles. The van der Waals surface area contributed by atoms with Gasteiger partial charge in [-0.05, 0) is 48.2 Å². The van der Waals surface area contributed by atoms with Crippen LogP contribution in [-0.4, -0.2) is 16.6 Å². The number of para-hydroxylation sites is 3. The van der Waals surface area contributed by atoms with Gasteiger partial charge in [0, 0.05) is 55.7 Å². The normalized spacial score (nSPS) is 13.0. The summed E-state index contributed by atoms with van der Waals surface area (Å²) >= 11 is 0. The van der Waals surface area contributed by atoms with E-state index in [1.54, 1.807) is 0 Å². The number of fused-ring (bicyclic) bond motifs is 4. The number of ether oxygens (including phenoxy) is 1. The smallest absolute Gasteiger partial charge is 0.135 e. The summed E-state index contributed by atoms with van der Waals surface area (Å²) < 4.78 is 8.67. The summed E-state index contributed by atoms with van der Waals surface area (Å²) in [7, 11) is 2.06. The van der Waals surface area contributed by atoms with Crippen LogP contribution in [0.2, 0.25) is 0 Å². The third-order valence-corrected chi connectivity index (χ3v) is 7.42. The van der Waals surface area contributed by atoms with Gasteiger partial charge >= 0.3 is 0 Å². The van der Waals surface area contributed by atoms with Crippen LogP contribution in [0.5, 0.6) is 11.5 Å². The zero-order valence-electron chi connectivity index (χ0n) is 23.3. The average molecular weight is 717 g/mol. The first kappa shape index (κ1) is 27.1. The summed E-state index contributed by atoms with van der Waals surface area (Å²) in [5, 5.41) is 2.26. The van der Waals surface area contributed by atoms with Gasteiger partial charge in [-0.2, -0.15) is 12.7 Å². The van der Waals surface area contributed by atoms with E-state index in [1.165, 1.54) is 5.56 Å². The van der Waals surface area contributed by atoms with Gasteiger partial charge in [0.25, 0.3) is 0 Å². The second-order valence-corrected chi connectivity index (χ2v) is 11.2. The van der Waals surface area contributed by atoms with Gasteiger partial charge < -0.3 is 19.1 Å². The van der Waals surface area contributed by atoms with Crippen LogP contribution in [0.25, 0.3) is 27.6 Å². The molecule has 0 saturated carbocycles. The Hall–Kier alpha value is -4.08. The van der Waals surface area contributed by atoms with Gasteiger partial charge in [-0.25, -0.2) is 4.98 Å². The largest absolute Gasteiger partial charge is 0.509 e. The van der Waals surface area contributed by atoms with Crippen LogP contribution in [0.15, 0.2) is 97.2 Å². The SMILES string of the molecule is CN1[CH-]N(c2[c-]c(Oc3[c-]c4c(cc3)c3ccccc3n4-c3ccccn3)cc(C(C)(C)C)c2)c2ccccc21.[Pt]. The molecule has 0 amide bonds. The Kier molecular flexibility index (Phi) is 6.87. The van der Waals surface area contributed by atoms with Crippen LogP contribution < -0.4 is 14.5 Å². The van der Waals surface area contributed by atoms with E-state index < -0.39 is 0 Å². The third kappa shape index (κ3) is 4.79. The fraction of sp³-hybridized carbons (Fsp3) is 0.143. The van der Waals surface area contributed by atoms with Gasteiger partial charge in [0.15, 0.2) is 0 Å². The van der Waals surface area contributed by atoms with E-state index in [2.05, 4.69) is 133 Å². The van der Waals surface area contributed by atoms with Gasteiger partial charge in [0.1, 0.15) is 5.82 Å². The molecule has 4 aromatic carbocycles. The van der Waals surface area contributed by atoms with Crippen molar-refractivity contribution in [3.8, 4) is 17.3 Å². The number of rotatable bonds is 4. The molecule has 0 aliphatic carbocycles. The monoisotopic (exact) mass is 716 g/mol. The van der Waals surface area contributed by atoms with E-state index in [-0.39, 0.29) is 26.5 Å². The Labute approximate surface area is 255 Å². The first-order chi connectivity index (χ1) is 19.4. The molecule has 1 aliphatic heterocycles. The number of benzene rings is 4. The van der Waals surface area contributed by atoms with Gasteiger partial charge in [-0.3, -0.25) is 0 Å². The third-order valence-electron chi connectivity index (χ3n) is 7.42. The first-order valence-corrected chi connectivity index (χ1v) is 13.5. The van der Waals surface area contributed by atoms with Gasteiger partial charge in [-0.15, -0.1) is 47.0 Å². The average Bonchev–Trinajstić information content (AvgIpc) is 3.47. The van der Waals surface area contributed by atoms with Crippen LogP contribution in [-0.2, 0) is 26.5 Å². The maximum atomic E-state index is 6.53. The fourth-order valence-electron chi connectivity index (χ4n) is 5.38. The number of anilines is 3. The zero-order valence-corrected chi connectivity index (χ0v) is 25.6. The van der Waals surface area contributed by atoms with Crippen molar-refractivity contribution in [2.45, 2.75) is 26.2 Å². The van der Waals surface area contributed by atoms with E-state index in [0.29, 0.717) is 11.5 Å². The Morgan fingerprint density at radius 1 is 0.780 bits per heavy atom. The van der Waals surface area contributed by atoms with Gasteiger partial charge in [0.05, 0.1) is 0 Å². The molecule has 6 aromatic rings. The molecule has 208 valence electrons. The predicted molar refractivity (Wildman–Crippen MR) is 163 cm³/mol. The molecule has 5 nitrogen and oxygen atoms in total. The first-order valence-electron chi connectivity index (χ1n) is 13.5. The summed E-state index contributed by atoms with van der Waals surface area (Å²) in [6, 6.07) is 38.2. The van der Waals surface area contributed by atoms with Crippen LogP contribution >= 0.6 is 0 Å². The van der Waals surface area contributed by atoms with Crippen LogP contribution in [0.3, 0.4) is 0 Å². The molecule has 0 atom stereocenters. The molecule has 0 unspecified atom stereocenters. The van der Waals surface area contributed by atoms with Gasteiger partial charge in [0.2, 0.25) is 0 Å². The maximum Gasteiger partial charge on any atom is 0.135 e. The van der Waals surface area contributed by atoms with Crippen LogP contribution in [0.1, 0.15) is 26.3 Å². The van der Waals surface area contributed by atoms with Crippen molar-refractivity contribution in [1.82, 2.24) is 9.55 Å². The molecule has 0 bridgehead atoms. The predicted octanol–water partition coefficient (Wildman–Crippen LogP) is 8.57. The number of hydrogen-bond donors (Lipinski definition) is 0. The van der Waals surface area contributed by atoms with Crippen molar-refractivity contribution in [1.29, 1.82) is 0 Å². The minimum atomic E-state index is -0.0772. The molecule has 1 aliphatic rings. The summed E-state index contributed by atoms with van der Waals surface area (Å²) in [6.07, 6.45) is 1.82. The van der Waals surface area contributed by atoms with Gasteiger partial charge in [-0.1, -0.05) is 62.7 Å². The second-order valence-electron chi connectivity index (χ2n) is 11.2. The Morgan fingerprint density at radius 3 is 2.32 bits per heavy atom. The Morgan fingerprint density at radius 2 is 1.54 bits per heavy atom. The Bertz CT molecular complexity index is 1870. The van der Waals surface area contributed by atoms with E-state index in [0.717, 1.165) is 44.7 Å². The summed E-state index contributed by atoms with van der Waals surface area (Å²) in [6.45, 7) is 8.74. The van der Waals surface area contributed by atoms with E-state index in [1.807, 2.05) is 30.5 Å². The minimum Gasteiger partial charge on any atom is -0.509 e. The van der Waals surface area contributed by atoms with Crippen LogP contribution in [0.4, 0.5) is 17.1 Å². The molecule has 0 spiro atoms. The van der Waals surface area contributed by atoms with Crippen LogP contribution in [0, 0.1) is 18.8 Å². The minimum absolute atomic E-state index is 0. The van der Waals surface area contributed by atoms with Crippen molar-refractivity contribution in [3.63, 3.8) is 0 Å². The molecule has 3 heterocycles. The number of hydrogen-bond acceptors (Lipinski definition) is 4. The molecular weight excluding hydrogens is 687 g/mol. The topological polar surface area (TPSA) is 33.5 Å². The van der Waals surface area contributed by atoms with Crippen molar-refractivity contribution in [2.24, 2.45) is 0 Å². The maximum absolute atomic E-state index is 6.53. The van der Waals surface area contributed by atoms with E-state index in [4.69, 9.17) is 4.74 Å². The molecule has 0 radical (unpaired) electrons. The number of nitrogens with zero attached hydrogens (tertiary/aromatic N) is 4. The van der Waals surface area contributed by atoms with Crippen molar-refractivity contribution in [2.75, 3.05) is 16.8 Å². The molecular formula is C35H29N4OPt-3. The Balaban J connectivity index is 0.00000302. The molecule has 2 aromatic heterocycles. The molecule has 41 heavy (non-hydrogen) atoms. The van der Waals surface area contributed by atoms with E-state index >= 15 is 0 Å². The summed E-state index contributed by atoms with van der Waals surface area (Å²) in [5.74, 6) is 2.13. The van der Waals surface area contributed by atoms with E-state index in [9.17, 15) is 0 Å². The van der Waals surface area contributed by atoms with Crippen molar-refractivity contribution >= 4 is 38.9 Å². The summed E-state index contributed by atoms with van der Waals surface area (Å²) in [5.41, 5.74) is 6.30. The quantitative estimate of drug-likeness (QED) is 0.171. The number of pyridine rings is 1. The number of aromatic nitrogens is 2. The zero-order chi connectivity index (χ0) is 27.4. The fourth-order valence-corrected chi connectivity index (χ4v) is 5.38.